The topological polar surface area (TPSA) is 91.3 Å². The molecule has 0 unspecified atom stereocenters. The van der Waals surface area contributed by atoms with Crippen molar-refractivity contribution in [3.05, 3.63) is 41.4 Å². The Morgan fingerprint density at radius 2 is 2.35 bits per heavy atom. The first-order valence-electron chi connectivity index (χ1n) is 7.01. The van der Waals surface area contributed by atoms with E-state index in [-0.39, 0.29) is 18.0 Å². The molecule has 1 aromatic heterocycles. The Bertz CT molecular complexity index is 746. The van der Waals surface area contributed by atoms with Crippen molar-refractivity contribution >= 4 is 17.5 Å². The molecule has 2 heterocycles. The summed E-state index contributed by atoms with van der Waals surface area (Å²) in [7, 11) is 0. The van der Waals surface area contributed by atoms with Crippen molar-refractivity contribution in [3.8, 4) is 17.4 Å². The smallest absolute Gasteiger partial charge is 0.333 e. The molecule has 0 saturated carbocycles. The van der Waals surface area contributed by atoms with E-state index in [9.17, 15) is 9.90 Å². The summed E-state index contributed by atoms with van der Waals surface area (Å²) >= 11 is 6.20. The number of rotatable bonds is 3. The van der Waals surface area contributed by atoms with Crippen LogP contribution in [0.2, 0.25) is 5.02 Å². The van der Waals surface area contributed by atoms with Crippen LogP contribution in [0.25, 0.3) is 11.4 Å². The molecule has 1 saturated heterocycles. The van der Waals surface area contributed by atoms with Crippen molar-refractivity contribution in [1.82, 2.24) is 20.1 Å². The summed E-state index contributed by atoms with van der Waals surface area (Å²) in [5.74, 6) is 0.238. The van der Waals surface area contributed by atoms with Crippen molar-refractivity contribution in [3.63, 3.8) is 0 Å². The molecule has 2 N–H and O–H groups in total. The van der Waals surface area contributed by atoms with Crippen LogP contribution in [0.1, 0.15) is 11.6 Å². The van der Waals surface area contributed by atoms with Crippen LogP contribution in [0, 0.1) is 0 Å². The van der Waals surface area contributed by atoms with Gasteiger partial charge in [0.25, 0.3) is 0 Å². The maximum atomic E-state index is 12.1. The first-order chi connectivity index (χ1) is 11.1. The number of hydrogen-bond donors (Lipinski definition) is 2. The summed E-state index contributed by atoms with van der Waals surface area (Å²) in [6.45, 7) is 4.89. The summed E-state index contributed by atoms with van der Waals surface area (Å²) in [4.78, 5) is 17.6. The van der Waals surface area contributed by atoms with Crippen LogP contribution < -0.4 is 0 Å². The number of aromatic hydroxyl groups is 1. The zero-order valence-electron chi connectivity index (χ0n) is 12.2. The molecule has 23 heavy (non-hydrogen) atoms. The van der Waals surface area contributed by atoms with E-state index >= 15 is 0 Å². The average Bonchev–Trinajstić information content (AvgIpc) is 3.00. The molecule has 1 amide bonds. The largest absolute Gasteiger partial charge is 0.478 e. The number of morpholine rings is 1. The molecule has 0 radical (unpaired) electrons. The fourth-order valence-corrected chi connectivity index (χ4v) is 2.83. The maximum absolute atomic E-state index is 12.1. The van der Waals surface area contributed by atoms with Gasteiger partial charge in [0.15, 0.2) is 5.82 Å². The van der Waals surface area contributed by atoms with E-state index in [0.29, 0.717) is 36.2 Å². The third-order valence-electron chi connectivity index (χ3n) is 3.64. The summed E-state index contributed by atoms with van der Waals surface area (Å²) in [6, 6.07) is 4.72. The van der Waals surface area contributed by atoms with Gasteiger partial charge in [0.1, 0.15) is 0 Å². The average molecular weight is 335 g/mol. The number of nitrogens with one attached hydrogen (secondary N) is 1. The van der Waals surface area contributed by atoms with Crippen molar-refractivity contribution in [2.75, 3.05) is 19.8 Å². The lowest BCUT2D eigenvalue weighted by Crippen LogP contribution is -2.42. The molecule has 1 aliphatic rings. The first-order valence-corrected chi connectivity index (χ1v) is 7.39. The molecule has 2 aromatic rings. The monoisotopic (exact) mass is 334 g/mol. The molecule has 3 rings (SSSR count). The Balaban J connectivity index is 1.99. The van der Waals surface area contributed by atoms with Crippen LogP contribution in [0.5, 0.6) is 6.01 Å². The van der Waals surface area contributed by atoms with Crippen LogP contribution in [0.4, 0.5) is 0 Å². The summed E-state index contributed by atoms with van der Waals surface area (Å²) in [5.41, 5.74) is 1.48. The number of carbonyl (C=O) groups excluding carboxylic acids is 1. The van der Waals surface area contributed by atoms with Gasteiger partial charge in [0.05, 0.1) is 19.3 Å². The van der Waals surface area contributed by atoms with Gasteiger partial charge >= 0.3 is 6.01 Å². The predicted molar refractivity (Wildman–Crippen MR) is 84.0 cm³/mol. The molecule has 1 aromatic carbocycles. The van der Waals surface area contributed by atoms with Crippen LogP contribution in [0.3, 0.4) is 0 Å². The fourth-order valence-electron chi connectivity index (χ4n) is 2.58. The van der Waals surface area contributed by atoms with Gasteiger partial charge in [0.2, 0.25) is 5.91 Å². The number of hydrogen-bond acceptors (Lipinski definition) is 5. The minimum Gasteiger partial charge on any atom is -0.478 e. The minimum absolute atomic E-state index is 0.155. The number of halogens is 1. The highest BCUT2D eigenvalue weighted by atomic mass is 35.5. The third-order valence-corrected chi connectivity index (χ3v) is 3.86. The first kappa shape index (κ1) is 15.5. The molecule has 7 nitrogen and oxygen atoms in total. The second-order valence-corrected chi connectivity index (χ2v) is 5.52. The van der Waals surface area contributed by atoms with Crippen LogP contribution in [-0.2, 0) is 9.53 Å². The molecule has 8 heteroatoms. The van der Waals surface area contributed by atoms with Gasteiger partial charge in [-0.15, -0.1) is 5.10 Å². The Morgan fingerprint density at radius 1 is 1.52 bits per heavy atom. The van der Waals surface area contributed by atoms with Crippen LogP contribution in [0.15, 0.2) is 30.9 Å². The normalized spacial score (nSPS) is 18.0. The van der Waals surface area contributed by atoms with E-state index in [0.717, 1.165) is 5.56 Å². The number of benzene rings is 1. The van der Waals surface area contributed by atoms with E-state index in [1.807, 2.05) is 6.07 Å². The van der Waals surface area contributed by atoms with Gasteiger partial charge in [-0.3, -0.25) is 9.89 Å². The lowest BCUT2D eigenvalue weighted by atomic mass is 10.0. The second kappa shape index (κ2) is 6.39. The Kier molecular flexibility index (Phi) is 4.31. The van der Waals surface area contributed by atoms with Crippen LogP contribution >= 0.6 is 11.6 Å². The molecular formula is C15H15ClN4O3. The molecule has 0 aliphatic carbocycles. The summed E-state index contributed by atoms with van der Waals surface area (Å²) in [5, 5.41) is 16.0. The summed E-state index contributed by atoms with van der Waals surface area (Å²) < 4.78 is 5.50. The number of H-pyrrole nitrogens is 1. The number of aromatic amines is 1. The molecule has 1 atom stereocenters. The minimum atomic E-state index is -0.342. The second-order valence-electron chi connectivity index (χ2n) is 5.08. The third kappa shape index (κ3) is 3.20. The van der Waals surface area contributed by atoms with Gasteiger partial charge in [-0.1, -0.05) is 18.2 Å². The van der Waals surface area contributed by atoms with E-state index in [1.54, 1.807) is 17.0 Å². The molecule has 120 valence electrons. The summed E-state index contributed by atoms with van der Waals surface area (Å²) in [6.07, 6.45) is 1.29. The Morgan fingerprint density at radius 3 is 3.04 bits per heavy atom. The van der Waals surface area contributed by atoms with Gasteiger partial charge in [0, 0.05) is 17.1 Å². The molecule has 1 fully saturated rings. The predicted octanol–water partition coefficient (Wildman–Crippen LogP) is 1.92. The van der Waals surface area contributed by atoms with E-state index < -0.39 is 0 Å². The number of aromatic nitrogens is 3. The van der Waals surface area contributed by atoms with E-state index in [1.165, 1.54) is 6.08 Å². The lowest BCUT2D eigenvalue weighted by Gasteiger charge is -2.35. The number of nitrogens with zero attached hydrogens (tertiary/aromatic N) is 3. The molecule has 1 aliphatic heterocycles. The van der Waals surface area contributed by atoms with E-state index in [4.69, 9.17) is 16.3 Å². The van der Waals surface area contributed by atoms with Gasteiger partial charge in [-0.2, -0.15) is 4.98 Å². The maximum Gasteiger partial charge on any atom is 0.333 e. The van der Waals surface area contributed by atoms with Gasteiger partial charge in [-0.05, 0) is 29.8 Å². The van der Waals surface area contributed by atoms with Crippen molar-refractivity contribution in [2.24, 2.45) is 0 Å². The van der Waals surface area contributed by atoms with Crippen molar-refractivity contribution in [1.29, 1.82) is 0 Å². The van der Waals surface area contributed by atoms with Crippen molar-refractivity contribution < 1.29 is 14.6 Å². The molecular weight excluding hydrogens is 320 g/mol. The Hall–Kier alpha value is -2.38. The number of ether oxygens (including phenoxy) is 1. The quantitative estimate of drug-likeness (QED) is 0.837. The fraction of sp³-hybridized carbons (Fsp3) is 0.267. The van der Waals surface area contributed by atoms with Crippen molar-refractivity contribution in [2.45, 2.75) is 6.04 Å². The number of carbonyl (C=O) groups is 1. The van der Waals surface area contributed by atoms with Gasteiger partial charge < -0.3 is 14.7 Å². The Labute approximate surface area is 137 Å². The zero-order valence-corrected chi connectivity index (χ0v) is 13.0. The highest BCUT2D eigenvalue weighted by molar-refractivity contribution is 6.30. The molecule has 0 spiro atoms. The lowest BCUT2D eigenvalue weighted by molar-refractivity contribution is -0.134. The van der Waals surface area contributed by atoms with E-state index in [2.05, 4.69) is 21.8 Å². The molecule has 0 bridgehead atoms. The number of amides is 1. The standard InChI is InChI=1S/C15H15ClN4O3/c1-2-13(21)20-3-4-23-8-12(20)9-5-10(7-11(16)6-9)14-17-15(22)19-18-14/h2,5-7,12H,1,3-4,8H2,(H2,17,18,19,22)/t12-/m0/s1. The highest BCUT2D eigenvalue weighted by Crippen LogP contribution is 2.30. The zero-order chi connectivity index (χ0) is 16.4. The SMILES string of the molecule is C=CC(=O)N1CCOC[C@H]1c1cc(Cl)cc(-c2nc(O)n[nH]2)c1. The highest BCUT2D eigenvalue weighted by Gasteiger charge is 2.28. The van der Waals surface area contributed by atoms with Gasteiger partial charge in [-0.25, -0.2) is 0 Å². The van der Waals surface area contributed by atoms with Crippen LogP contribution in [-0.4, -0.2) is 50.9 Å².